The van der Waals surface area contributed by atoms with Crippen LogP contribution in [0.3, 0.4) is 0 Å². The first kappa shape index (κ1) is 19.9. The van der Waals surface area contributed by atoms with Crippen molar-refractivity contribution in [1.29, 1.82) is 5.26 Å². The molecule has 0 aliphatic carbocycles. The highest BCUT2D eigenvalue weighted by Crippen LogP contribution is 2.34. The molecule has 1 fully saturated rings. The maximum absolute atomic E-state index is 12.6. The second-order valence-electron chi connectivity index (χ2n) is 7.59. The third-order valence-corrected chi connectivity index (χ3v) is 5.68. The first-order valence-corrected chi connectivity index (χ1v) is 9.87. The molecule has 1 saturated heterocycles. The number of aryl methyl sites for hydroxylation is 1. The van der Waals surface area contributed by atoms with E-state index in [0.29, 0.717) is 61.0 Å². The van der Waals surface area contributed by atoms with Gasteiger partial charge in [0.25, 0.3) is 5.56 Å². The minimum atomic E-state index is -0.372. The third kappa shape index (κ3) is 3.86. The van der Waals surface area contributed by atoms with Crippen LogP contribution in [0.5, 0.6) is 11.5 Å². The van der Waals surface area contributed by atoms with Crippen LogP contribution >= 0.6 is 0 Å². The highest BCUT2D eigenvalue weighted by atomic mass is 16.7. The molecular weight excluding hydrogens is 386 g/mol. The molecule has 4 rings (SSSR count). The lowest BCUT2D eigenvalue weighted by molar-refractivity contribution is -0.121. The number of benzene rings is 1. The average Bonchev–Trinajstić information content (AvgIpc) is 3.21. The Kier molecular flexibility index (Phi) is 5.42. The van der Waals surface area contributed by atoms with Crippen molar-refractivity contribution in [3.05, 3.63) is 45.4 Å². The molecule has 0 saturated carbocycles. The van der Waals surface area contributed by atoms with E-state index in [1.807, 2.05) is 6.07 Å². The molecule has 2 aliphatic heterocycles. The molecule has 0 bridgehead atoms. The van der Waals surface area contributed by atoms with Crippen LogP contribution in [-0.4, -0.2) is 40.5 Å². The summed E-state index contributed by atoms with van der Waals surface area (Å²) >= 11 is 0. The van der Waals surface area contributed by atoms with E-state index in [9.17, 15) is 14.9 Å². The van der Waals surface area contributed by atoms with Crippen molar-refractivity contribution in [2.45, 2.75) is 33.4 Å². The molecule has 1 amide bonds. The largest absolute Gasteiger partial charge is 0.454 e. The summed E-state index contributed by atoms with van der Waals surface area (Å²) in [6, 6.07) is 7.32. The van der Waals surface area contributed by atoms with Crippen LogP contribution in [0.1, 0.15) is 29.7 Å². The number of ether oxygens (including phenoxy) is 2. The predicted octanol–water partition coefficient (Wildman–Crippen LogP) is 1.77. The molecule has 30 heavy (non-hydrogen) atoms. The minimum Gasteiger partial charge on any atom is -0.454 e. The van der Waals surface area contributed by atoms with Gasteiger partial charge in [0.1, 0.15) is 11.6 Å². The Bertz CT molecular complexity index is 1080. The Balaban J connectivity index is 1.35. The summed E-state index contributed by atoms with van der Waals surface area (Å²) in [5.74, 6) is 1.18. The van der Waals surface area contributed by atoms with Crippen LogP contribution in [0.15, 0.2) is 23.0 Å². The molecule has 1 aromatic heterocycles. The van der Waals surface area contributed by atoms with E-state index in [4.69, 9.17) is 9.47 Å². The molecule has 9 nitrogen and oxygen atoms in total. The van der Waals surface area contributed by atoms with Crippen LogP contribution in [0.4, 0.5) is 5.69 Å². The maximum atomic E-state index is 12.6. The van der Waals surface area contributed by atoms with Crippen molar-refractivity contribution in [2.75, 3.05) is 25.2 Å². The third-order valence-electron chi connectivity index (χ3n) is 5.68. The first-order valence-electron chi connectivity index (χ1n) is 9.87. The van der Waals surface area contributed by atoms with Crippen LogP contribution in [-0.2, 0) is 11.5 Å². The van der Waals surface area contributed by atoms with Gasteiger partial charge in [0.05, 0.1) is 12.4 Å². The molecule has 3 heterocycles. The van der Waals surface area contributed by atoms with Gasteiger partial charge in [-0.3, -0.25) is 14.5 Å². The number of piperidine rings is 1. The number of nitrogens with zero attached hydrogens (tertiary/aromatic N) is 4. The molecule has 2 aromatic rings. The fourth-order valence-corrected chi connectivity index (χ4v) is 3.74. The van der Waals surface area contributed by atoms with Gasteiger partial charge < -0.3 is 14.8 Å². The zero-order valence-corrected chi connectivity index (χ0v) is 17.0. The van der Waals surface area contributed by atoms with Gasteiger partial charge in [0.15, 0.2) is 11.5 Å². The minimum absolute atomic E-state index is 0.0262. The van der Waals surface area contributed by atoms with Gasteiger partial charge in [0.2, 0.25) is 12.7 Å². The second-order valence-corrected chi connectivity index (χ2v) is 7.59. The maximum Gasteiger partial charge on any atom is 0.286 e. The summed E-state index contributed by atoms with van der Waals surface area (Å²) in [4.78, 5) is 27.2. The zero-order valence-electron chi connectivity index (χ0n) is 17.0. The van der Waals surface area contributed by atoms with Crippen molar-refractivity contribution < 1.29 is 14.3 Å². The molecule has 1 aromatic carbocycles. The predicted molar refractivity (Wildman–Crippen MR) is 108 cm³/mol. The SMILES string of the molecule is Cc1nn(CN2CCC(C(=O)Nc3ccc4c(c3)OCO4)CC2)c(=O)c(C#N)c1C. The van der Waals surface area contributed by atoms with E-state index in [-0.39, 0.29) is 29.7 Å². The quantitative estimate of drug-likeness (QED) is 0.819. The average molecular weight is 409 g/mol. The van der Waals surface area contributed by atoms with E-state index < -0.39 is 0 Å². The number of anilines is 1. The Morgan fingerprint density at radius 2 is 2.00 bits per heavy atom. The molecule has 0 spiro atoms. The number of likely N-dealkylation sites (tertiary alicyclic amines) is 1. The number of aromatic nitrogens is 2. The first-order chi connectivity index (χ1) is 14.5. The monoisotopic (exact) mass is 409 g/mol. The number of fused-ring (bicyclic) bond motifs is 1. The Morgan fingerprint density at radius 1 is 1.27 bits per heavy atom. The normalized spacial score (nSPS) is 16.3. The van der Waals surface area contributed by atoms with Crippen molar-refractivity contribution in [3.8, 4) is 17.6 Å². The van der Waals surface area contributed by atoms with Crippen LogP contribution < -0.4 is 20.3 Å². The topological polar surface area (TPSA) is 109 Å². The molecule has 2 aliphatic rings. The molecule has 0 unspecified atom stereocenters. The number of carbonyl (C=O) groups excluding carboxylic acids is 1. The summed E-state index contributed by atoms with van der Waals surface area (Å²) in [5.41, 5.74) is 1.74. The van der Waals surface area contributed by atoms with E-state index in [2.05, 4.69) is 15.3 Å². The molecule has 0 atom stereocenters. The fourth-order valence-electron chi connectivity index (χ4n) is 3.74. The number of nitriles is 1. The fraction of sp³-hybridized carbons (Fsp3) is 0.429. The van der Waals surface area contributed by atoms with Gasteiger partial charge >= 0.3 is 0 Å². The van der Waals surface area contributed by atoms with Crippen molar-refractivity contribution in [2.24, 2.45) is 5.92 Å². The highest BCUT2D eigenvalue weighted by molar-refractivity contribution is 5.93. The lowest BCUT2D eigenvalue weighted by Gasteiger charge is -2.31. The Morgan fingerprint density at radius 3 is 2.73 bits per heavy atom. The van der Waals surface area contributed by atoms with Gasteiger partial charge in [-0.1, -0.05) is 0 Å². The van der Waals surface area contributed by atoms with E-state index in [1.165, 1.54) is 4.68 Å². The van der Waals surface area contributed by atoms with Crippen LogP contribution in [0.2, 0.25) is 0 Å². The van der Waals surface area contributed by atoms with Gasteiger partial charge in [0, 0.05) is 30.8 Å². The molecule has 0 radical (unpaired) electrons. The summed E-state index contributed by atoms with van der Waals surface area (Å²) in [6.07, 6.45) is 1.36. The van der Waals surface area contributed by atoms with Gasteiger partial charge in [-0.25, -0.2) is 4.68 Å². The molecular formula is C21H23N5O4. The smallest absolute Gasteiger partial charge is 0.286 e. The lowest BCUT2D eigenvalue weighted by atomic mass is 9.96. The number of amides is 1. The van der Waals surface area contributed by atoms with Gasteiger partial charge in [-0.2, -0.15) is 10.4 Å². The van der Waals surface area contributed by atoms with E-state index >= 15 is 0 Å². The zero-order chi connectivity index (χ0) is 21.3. The summed E-state index contributed by atoms with van der Waals surface area (Å²) in [5, 5.41) is 16.5. The summed E-state index contributed by atoms with van der Waals surface area (Å²) in [7, 11) is 0. The number of hydrogen-bond acceptors (Lipinski definition) is 7. The van der Waals surface area contributed by atoms with Crippen molar-refractivity contribution in [3.63, 3.8) is 0 Å². The number of rotatable bonds is 4. The van der Waals surface area contributed by atoms with Crippen LogP contribution in [0.25, 0.3) is 0 Å². The van der Waals surface area contributed by atoms with Gasteiger partial charge in [-0.15, -0.1) is 0 Å². The number of nitrogens with one attached hydrogen (secondary N) is 1. The molecule has 1 N–H and O–H groups in total. The summed E-state index contributed by atoms with van der Waals surface area (Å²) < 4.78 is 12.0. The standard InChI is InChI=1S/C21H23N5O4/c1-13-14(2)24-26(21(28)17(13)10-22)11-25-7-5-15(6-8-25)20(27)23-16-3-4-18-19(9-16)30-12-29-18/h3-4,9,15H,5-8,11-12H2,1-2H3,(H,23,27). The molecule has 156 valence electrons. The van der Waals surface area contributed by atoms with Crippen molar-refractivity contribution >= 4 is 11.6 Å². The van der Waals surface area contributed by atoms with Crippen LogP contribution in [0, 0.1) is 31.1 Å². The van der Waals surface area contributed by atoms with E-state index in [0.717, 1.165) is 0 Å². The lowest BCUT2D eigenvalue weighted by Crippen LogP contribution is -2.42. The van der Waals surface area contributed by atoms with Gasteiger partial charge in [-0.05, 0) is 44.4 Å². The Labute approximate surface area is 173 Å². The summed E-state index contributed by atoms with van der Waals surface area (Å²) in [6.45, 7) is 5.37. The number of carbonyl (C=O) groups is 1. The Hall–Kier alpha value is -3.38. The van der Waals surface area contributed by atoms with E-state index in [1.54, 1.807) is 32.0 Å². The molecule has 9 heteroatoms. The highest BCUT2D eigenvalue weighted by Gasteiger charge is 2.26. The van der Waals surface area contributed by atoms with Crippen molar-refractivity contribution in [1.82, 2.24) is 14.7 Å². The second kappa shape index (κ2) is 8.16. The number of hydrogen-bond donors (Lipinski definition) is 1.